The third-order valence-corrected chi connectivity index (χ3v) is 7.83. The first-order valence-corrected chi connectivity index (χ1v) is 12.1. The summed E-state index contributed by atoms with van der Waals surface area (Å²) >= 11 is 0. The molecule has 2 bridgehead atoms. The minimum absolute atomic E-state index is 0.119. The number of aromatic hydroxyl groups is 2. The van der Waals surface area contributed by atoms with Crippen LogP contribution in [0.5, 0.6) is 11.5 Å². The van der Waals surface area contributed by atoms with Crippen molar-refractivity contribution >= 4 is 0 Å². The Morgan fingerprint density at radius 2 is 1.57 bits per heavy atom. The fourth-order valence-corrected chi connectivity index (χ4v) is 7.12. The fraction of sp³-hybridized carbons (Fsp3) is 0.704. The van der Waals surface area contributed by atoms with Crippen molar-refractivity contribution in [2.75, 3.05) is 6.61 Å². The first-order chi connectivity index (χ1) is 14.3. The van der Waals surface area contributed by atoms with Gasteiger partial charge in [-0.05, 0) is 111 Å². The molecule has 168 valence electrons. The Morgan fingerprint density at radius 1 is 1.00 bits per heavy atom. The third kappa shape index (κ3) is 4.88. The van der Waals surface area contributed by atoms with Gasteiger partial charge in [0.1, 0.15) is 11.5 Å². The van der Waals surface area contributed by atoms with E-state index in [1.165, 1.54) is 32.1 Å². The molecule has 0 heterocycles. The molecule has 3 N–H and O–H groups in total. The lowest BCUT2D eigenvalue weighted by Gasteiger charge is -2.50. The van der Waals surface area contributed by atoms with E-state index in [0.717, 1.165) is 42.7 Å². The Kier molecular flexibility index (Phi) is 7.55. The predicted molar refractivity (Wildman–Crippen MR) is 124 cm³/mol. The van der Waals surface area contributed by atoms with Crippen LogP contribution in [0.3, 0.4) is 0 Å². The molecule has 0 spiro atoms. The summed E-state index contributed by atoms with van der Waals surface area (Å²) in [5, 5.41) is 31.4. The van der Waals surface area contributed by atoms with E-state index in [-0.39, 0.29) is 29.4 Å². The number of phenols is 2. The van der Waals surface area contributed by atoms with Gasteiger partial charge in [-0.3, -0.25) is 0 Å². The van der Waals surface area contributed by atoms with Crippen LogP contribution in [0.2, 0.25) is 0 Å². The second kappa shape index (κ2) is 9.77. The molecule has 4 atom stereocenters. The van der Waals surface area contributed by atoms with Gasteiger partial charge in [-0.2, -0.15) is 0 Å². The number of aliphatic hydroxyl groups excluding tert-OH is 1. The minimum atomic E-state index is 0.119. The molecule has 4 unspecified atom stereocenters. The quantitative estimate of drug-likeness (QED) is 0.485. The summed E-state index contributed by atoms with van der Waals surface area (Å²) in [6.07, 6.45) is 11.9. The van der Waals surface area contributed by atoms with E-state index >= 15 is 0 Å². The smallest absolute Gasteiger partial charge is 0.123 e. The van der Waals surface area contributed by atoms with Gasteiger partial charge < -0.3 is 15.3 Å². The lowest BCUT2D eigenvalue weighted by atomic mass is 9.54. The average Bonchev–Trinajstić information content (AvgIpc) is 2.67. The van der Waals surface area contributed by atoms with Gasteiger partial charge in [0.05, 0.1) is 0 Å². The molecule has 0 saturated heterocycles. The van der Waals surface area contributed by atoms with E-state index in [1.54, 1.807) is 6.08 Å². The highest BCUT2D eigenvalue weighted by atomic mass is 16.3. The summed E-state index contributed by atoms with van der Waals surface area (Å²) in [6.45, 7) is 10.2. The molecule has 0 radical (unpaired) electrons. The highest BCUT2D eigenvalue weighted by Crippen LogP contribution is 2.56. The predicted octanol–water partition coefficient (Wildman–Crippen LogP) is 6.66. The van der Waals surface area contributed by atoms with Crippen molar-refractivity contribution in [3.63, 3.8) is 0 Å². The molecule has 3 aliphatic rings. The van der Waals surface area contributed by atoms with Crippen LogP contribution in [0.25, 0.3) is 0 Å². The monoisotopic (exact) mass is 414 g/mol. The summed E-state index contributed by atoms with van der Waals surface area (Å²) in [5.41, 5.74) is 1.99. The van der Waals surface area contributed by atoms with E-state index in [2.05, 4.69) is 20.4 Å². The van der Waals surface area contributed by atoms with Crippen molar-refractivity contribution in [3.8, 4) is 11.5 Å². The van der Waals surface area contributed by atoms with E-state index in [4.69, 9.17) is 0 Å². The zero-order chi connectivity index (χ0) is 21.9. The summed E-state index contributed by atoms with van der Waals surface area (Å²) in [7, 11) is 0. The minimum Gasteiger partial charge on any atom is -0.508 e. The number of fused-ring (bicyclic) bond motifs is 2. The Hall–Kier alpha value is -1.48. The van der Waals surface area contributed by atoms with Gasteiger partial charge >= 0.3 is 0 Å². The van der Waals surface area contributed by atoms with Crippen molar-refractivity contribution in [2.24, 2.45) is 23.7 Å². The Balaban J connectivity index is 0.000000806. The first-order valence-electron chi connectivity index (χ1n) is 12.1. The Labute approximate surface area is 183 Å². The van der Waals surface area contributed by atoms with Crippen LogP contribution in [0.4, 0.5) is 0 Å². The summed E-state index contributed by atoms with van der Waals surface area (Å²) in [6, 6.07) is 3.95. The van der Waals surface area contributed by atoms with Gasteiger partial charge in [0.2, 0.25) is 0 Å². The molecule has 0 aliphatic heterocycles. The van der Waals surface area contributed by atoms with Crippen LogP contribution in [-0.2, 0) is 5.41 Å². The molecule has 4 rings (SSSR count). The standard InChI is InChI=1S/C24H36O3.C3H6/c1-15-6-18-7-16(2)12-24(11-15,13-18)20-9-21(26)23(22(27)10-20)19-5-3-4-17(8-19)14-25;1-3-2/h9-10,15-19,25-27H,3-8,11-14H2,1-2H3;3H,1H2,2H3. The summed E-state index contributed by atoms with van der Waals surface area (Å²) in [5.74, 6) is 3.20. The Bertz CT molecular complexity index is 682. The first kappa shape index (κ1) is 23.2. The maximum atomic E-state index is 10.9. The van der Waals surface area contributed by atoms with Crippen molar-refractivity contribution in [1.82, 2.24) is 0 Å². The van der Waals surface area contributed by atoms with Gasteiger partial charge in [0.15, 0.2) is 0 Å². The molecule has 3 fully saturated rings. The van der Waals surface area contributed by atoms with E-state index < -0.39 is 0 Å². The number of hydrogen-bond donors (Lipinski definition) is 3. The Morgan fingerprint density at radius 3 is 2.10 bits per heavy atom. The molecule has 1 aromatic carbocycles. The second-order valence-electron chi connectivity index (χ2n) is 10.7. The van der Waals surface area contributed by atoms with Gasteiger partial charge in [0.25, 0.3) is 0 Å². The molecule has 3 saturated carbocycles. The molecule has 0 aromatic heterocycles. The van der Waals surface area contributed by atoms with Crippen molar-refractivity contribution in [3.05, 3.63) is 35.9 Å². The normalized spacial score (nSPS) is 35.8. The van der Waals surface area contributed by atoms with E-state index in [0.29, 0.717) is 17.8 Å². The molecular weight excluding hydrogens is 372 g/mol. The molecule has 3 heteroatoms. The van der Waals surface area contributed by atoms with Crippen LogP contribution >= 0.6 is 0 Å². The summed E-state index contributed by atoms with van der Waals surface area (Å²) < 4.78 is 0. The summed E-state index contributed by atoms with van der Waals surface area (Å²) in [4.78, 5) is 0. The number of hydrogen-bond acceptors (Lipinski definition) is 3. The topological polar surface area (TPSA) is 60.7 Å². The molecule has 0 amide bonds. The van der Waals surface area contributed by atoms with Gasteiger partial charge in [-0.1, -0.05) is 26.3 Å². The van der Waals surface area contributed by atoms with Gasteiger partial charge in [-0.25, -0.2) is 0 Å². The SMILES string of the molecule is C=CC.CC1CC2CC(C)CC(c3cc(O)c(C4CCCC(CO)C4)c(O)c3)(C1)C2. The van der Waals surface area contributed by atoms with Crippen molar-refractivity contribution in [1.29, 1.82) is 0 Å². The van der Waals surface area contributed by atoms with Crippen molar-refractivity contribution in [2.45, 2.75) is 89.9 Å². The van der Waals surface area contributed by atoms with E-state index in [9.17, 15) is 15.3 Å². The van der Waals surface area contributed by atoms with Gasteiger partial charge in [0, 0.05) is 12.2 Å². The van der Waals surface area contributed by atoms with Crippen LogP contribution in [0.1, 0.15) is 95.6 Å². The van der Waals surface area contributed by atoms with Crippen LogP contribution < -0.4 is 0 Å². The number of rotatable bonds is 3. The third-order valence-electron chi connectivity index (χ3n) is 7.83. The molecule has 1 aromatic rings. The number of benzene rings is 1. The highest BCUT2D eigenvalue weighted by Gasteiger charge is 2.45. The fourth-order valence-electron chi connectivity index (χ4n) is 7.12. The number of aliphatic hydroxyl groups is 1. The van der Waals surface area contributed by atoms with E-state index in [1.807, 2.05) is 19.1 Å². The zero-order valence-corrected chi connectivity index (χ0v) is 19.2. The molecular formula is C27H42O3. The number of phenolic OH excluding ortho intramolecular Hbond substituents is 2. The van der Waals surface area contributed by atoms with Crippen LogP contribution in [0, 0.1) is 23.7 Å². The maximum Gasteiger partial charge on any atom is 0.123 e. The van der Waals surface area contributed by atoms with Crippen molar-refractivity contribution < 1.29 is 15.3 Å². The molecule has 3 nitrogen and oxygen atoms in total. The lowest BCUT2D eigenvalue weighted by molar-refractivity contribution is 0.0776. The molecule has 3 aliphatic carbocycles. The van der Waals surface area contributed by atoms with Crippen LogP contribution in [-0.4, -0.2) is 21.9 Å². The maximum absolute atomic E-state index is 10.9. The second-order valence-corrected chi connectivity index (χ2v) is 10.7. The average molecular weight is 415 g/mol. The zero-order valence-electron chi connectivity index (χ0n) is 19.2. The largest absolute Gasteiger partial charge is 0.508 e. The van der Waals surface area contributed by atoms with Crippen LogP contribution in [0.15, 0.2) is 24.8 Å². The number of allylic oxidation sites excluding steroid dienone is 1. The lowest BCUT2D eigenvalue weighted by Crippen LogP contribution is -2.42. The highest BCUT2D eigenvalue weighted by molar-refractivity contribution is 5.51. The molecule has 30 heavy (non-hydrogen) atoms. The van der Waals surface area contributed by atoms with Gasteiger partial charge in [-0.15, -0.1) is 6.58 Å².